The number of hydrogen-bond donors (Lipinski definition) is 1. The molecule has 0 radical (unpaired) electrons. The van der Waals surface area contributed by atoms with Crippen molar-refractivity contribution in [3.63, 3.8) is 0 Å². The van der Waals surface area contributed by atoms with Gasteiger partial charge in [-0.3, -0.25) is 0 Å². The molecule has 2 aromatic heterocycles. The molecule has 0 saturated carbocycles. The molecule has 18 heavy (non-hydrogen) atoms. The van der Waals surface area contributed by atoms with Crippen LogP contribution in [0.1, 0.15) is 25.6 Å². The van der Waals surface area contributed by atoms with Gasteiger partial charge in [-0.1, -0.05) is 0 Å². The Bertz CT molecular complexity index is 490. The molecule has 0 spiro atoms. The van der Waals surface area contributed by atoms with Gasteiger partial charge in [0.2, 0.25) is 5.88 Å². The summed E-state index contributed by atoms with van der Waals surface area (Å²) in [6.45, 7) is 5.01. The zero-order valence-electron chi connectivity index (χ0n) is 10.9. The van der Waals surface area contributed by atoms with E-state index in [4.69, 9.17) is 4.74 Å². The highest BCUT2D eigenvalue weighted by atomic mass is 16.5. The first-order valence-electron chi connectivity index (χ1n) is 5.95. The van der Waals surface area contributed by atoms with Gasteiger partial charge in [-0.05, 0) is 19.9 Å². The lowest BCUT2D eigenvalue weighted by molar-refractivity contribution is 0.398. The van der Waals surface area contributed by atoms with Crippen molar-refractivity contribution >= 4 is 5.69 Å². The van der Waals surface area contributed by atoms with Crippen LogP contribution < -0.4 is 10.1 Å². The van der Waals surface area contributed by atoms with Gasteiger partial charge in [0.1, 0.15) is 0 Å². The second-order valence-electron chi connectivity index (χ2n) is 4.33. The maximum Gasteiger partial charge on any atom is 0.213 e. The maximum absolute atomic E-state index is 5.02. The average Bonchev–Trinajstić information content (AvgIpc) is 2.85. The summed E-state index contributed by atoms with van der Waals surface area (Å²) in [6, 6.07) is 4.20. The Labute approximate surface area is 107 Å². The number of ether oxygens (including phenoxy) is 1. The molecule has 0 aliphatic rings. The summed E-state index contributed by atoms with van der Waals surface area (Å²) in [6.07, 6.45) is 5.49. The molecule has 0 atom stereocenters. The SMILES string of the molecule is COc1ccc(NCc2cncn2C(C)C)cn1. The van der Waals surface area contributed by atoms with Gasteiger partial charge in [0.15, 0.2) is 0 Å². The molecule has 0 aromatic carbocycles. The van der Waals surface area contributed by atoms with E-state index in [1.165, 1.54) is 0 Å². The van der Waals surface area contributed by atoms with Gasteiger partial charge >= 0.3 is 0 Å². The summed E-state index contributed by atoms with van der Waals surface area (Å²) in [5.41, 5.74) is 2.12. The molecule has 0 unspecified atom stereocenters. The molecule has 1 N–H and O–H groups in total. The van der Waals surface area contributed by atoms with Crippen LogP contribution in [0, 0.1) is 0 Å². The van der Waals surface area contributed by atoms with Crippen LogP contribution >= 0.6 is 0 Å². The van der Waals surface area contributed by atoms with E-state index in [2.05, 4.69) is 33.7 Å². The third-order valence-electron chi connectivity index (χ3n) is 2.72. The first-order valence-corrected chi connectivity index (χ1v) is 5.95. The Hall–Kier alpha value is -2.04. The van der Waals surface area contributed by atoms with Gasteiger partial charge in [-0.25, -0.2) is 9.97 Å². The van der Waals surface area contributed by atoms with Crippen molar-refractivity contribution in [3.05, 3.63) is 36.5 Å². The number of pyridine rings is 1. The standard InChI is InChI=1S/C13H18N4O/c1-10(2)17-9-14-7-12(17)8-15-11-4-5-13(18-3)16-6-11/h4-7,9-10,15H,8H2,1-3H3. The van der Waals surface area contributed by atoms with E-state index in [0.717, 1.165) is 17.9 Å². The fourth-order valence-corrected chi connectivity index (χ4v) is 1.73. The molecule has 2 aromatic rings. The van der Waals surface area contributed by atoms with Crippen LogP contribution in [0.5, 0.6) is 5.88 Å². The Morgan fingerprint density at radius 3 is 2.78 bits per heavy atom. The number of aromatic nitrogens is 3. The fourth-order valence-electron chi connectivity index (χ4n) is 1.73. The summed E-state index contributed by atoms with van der Waals surface area (Å²) >= 11 is 0. The molecule has 5 heteroatoms. The molecule has 0 fully saturated rings. The summed E-state index contributed by atoms with van der Waals surface area (Å²) in [4.78, 5) is 8.32. The van der Waals surface area contributed by atoms with Crippen LogP contribution in [0.25, 0.3) is 0 Å². The predicted molar refractivity (Wildman–Crippen MR) is 70.7 cm³/mol. The smallest absolute Gasteiger partial charge is 0.213 e. The van der Waals surface area contributed by atoms with E-state index in [9.17, 15) is 0 Å². The Balaban J connectivity index is 2.00. The number of rotatable bonds is 5. The highest BCUT2D eigenvalue weighted by Gasteiger charge is 2.05. The van der Waals surface area contributed by atoms with Crippen molar-refractivity contribution in [2.75, 3.05) is 12.4 Å². The van der Waals surface area contributed by atoms with E-state index >= 15 is 0 Å². The topological polar surface area (TPSA) is 52.0 Å². The highest BCUT2D eigenvalue weighted by Crippen LogP contribution is 2.14. The van der Waals surface area contributed by atoms with E-state index in [1.54, 1.807) is 13.3 Å². The zero-order chi connectivity index (χ0) is 13.0. The van der Waals surface area contributed by atoms with Gasteiger partial charge in [-0.2, -0.15) is 0 Å². The van der Waals surface area contributed by atoms with Gasteiger partial charge in [-0.15, -0.1) is 0 Å². The molecule has 2 rings (SSSR count). The number of nitrogens with zero attached hydrogens (tertiary/aromatic N) is 3. The number of anilines is 1. The quantitative estimate of drug-likeness (QED) is 0.880. The van der Waals surface area contributed by atoms with Gasteiger partial charge in [0.25, 0.3) is 0 Å². The molecule has 2 heterocycles. The first-order chi connectivity index (χ1) is 8.70. The van der Waals surface area contributed by atoms with E-state index in [0.29, 0.717) is 11.9 Å². The van der Waals surface area contributed by atoms with Crippen LogP contribution in [0.2, 0.25) is 0 Å². The van der Waals surface area contributed by atoms with E-state index in [-0.39, 0.29) is 0 Å². The molecule has 96 valence electrons. The molecule has 0 saturated heterocycles. The van der Waals surface area contributed by atoms with Crippen molar-refractivity contribution < 1.29 is 4.74 Å². The lowest BCUT2D eigenvalue weighted by Gasteiger charge is -2.12. The van der Waals surface area contributed by atoms with Crippen LogP contribution in [0.4, 0.5) is 5.69 Å². The van der Waals surface area contributed by atoms with Gasteiger partial charge in [0, 0.05) is 18.3 Å². The van der Waals surface area contributed by atoms with Crippen molar-refractivity contribution in [3.8, 4) is 5.88 Å². The van der Waals surface area contributed by atoms with Crippen molar-refractivity contribution in [2.45, 2.75) is 26.4 Å². The fraction of sp³-hybridized carbons (Fsp3) is 0.385. The molecule has 0 aliphatic carbocycles. The van der Waals surface area contributed by atoms with Crippen LogP contribution in [0.15, 0.2) is 30.9 Å². The van der Waals surface area contributed by atoms with Crippen molar-refractivity contribution in [1.82, 2.24) is 14.5 Å². The summed E-state index contributed by atoms with van der Waals surface area (Å²) in [7, 11) is 1.61. The summed E-state index contributed by atoms with van der Waals surface area (Å²) in [5.74, 6) is 0.618. The van der Waals surface area contributed by atoms with Crippen LogP contribution in [-0.2, 0) is 6.54 Å². The van der Waals surface area contributed by atoms with Gasteiger partial charge < -0.3 is 14.6 Å². The number of imidazole rings is 1. The Morgan fingerprint density at radius 1 is 1.33 bits per heavy atom. The first kappa shape index (κ1) is 12.4. The average molecular weight is 246 g/mol. The third kappa shape index (κ3) is 2.80. The maximum atomic E-state index is 5.02. The lowest BCUT2D eigenvalue weighted by atomic mass is 10.3. The Morgan fingerprint density at radius 2 is 2.17 bits per heavy atom. The Kier molecular flexibility index (Phi) is 3.82. The second-order valence-corrected chi connectivity index (χ2v) is 4.33. The van der Waals surface area contributed by atoms with Crippen molar-refractivity contribution in [1.29, 1.82) is 0 Å². The third-order valence-corrected chi connectivity index (χ3v) is 2.72. The second kappa shape index (κ2) is 5.53. The summed E-state index contributed by atoms with van der Waals surface area (Å²) < 4.78 is 7.16. The monoisotopic (exact) mass is 246 g/mol. The zero-order valence-corrected chi connectivity index (χ0v) is 10.9. The van der Waals surface area contributed by atoms with Crippen LogP contribution in [-0.4, -0.2) is 21.6 Å². The number of nitrogens with one attached hydrogen (secondary N) is 1. The largest absolute Gasteiger partial charge is 0.481 e. The van der Waals surface area contributed by atoms with E-state index < -0.39 is 0 Å². The minimum absolute atomic E-state index is 0.415. The van der Waals surface area contributed by atoms with Crippen LogP contribution in [0.3, 0.4) is 0 Å². The van der Waals surface area contributed by atoms with E-state index in [1.807, 2.05) is 24.7 Å². The molecular weight excluding hydrogens is 228 g/mol. The molecular formula is C13H18N4O. The molecule has 0 aliphatic heterocycles. The molecule has 5 nitrogen and oxygen atoms in total. The highest BCUT2D eigenvalue weighted by molar-refractivity contribution is 5.42. The minimum atomic E-state index is 0.415. The molecule has 0 bridgehead atoms. The molecule has 0 amide bonds. The number of hydrogen-bond acceptors (Lipinski definition) is 4. The van der Waals surface area contributed by atoms with Crippen molar-refractivity contribution in [2.24, 2.45) is 0 Å². The normalized spacial score (nSPS) is 10.7. The summed E-state index contributed by atoms with van der Waals surface area (Å²) in [5, 5.41) is 3.31. The predicted octanol–water partition coefficient (Wildman–Crippen LogP) is 2.48. The minimum Gasteiger partial charge on any atom is -0.481 e. The number of methoxy groups -OCH3 is 1. The lowest BCUT2D eigenvalue weighted by Crippen LogP contribution is -2.08. The van der Waals surface area contributed by atoms with Gasteiger partial charge in [0.05, 0.1) is 37.6 Å².